The Hall–Kier alpha value is -2.08. The summed E-state index contributed by atoms with van der Waals surface area (Å²) in [5.74, 6) is 1.44. The number of fused-ring (bicyclic) bond motifs is 1. The number of benzene rings is 1. The van der Waals surface area contributed by atoms with Gasteiger partial charge in [-0.1, -0.05) is 18.2 Å². The number of hydrogen-bond donors (Lipinski definition) is 2. The third kappa shape index (κ3) is 4.22. The average Bonchev–Trinajstić information content (AvgIpc) is 2.97. The quantitative estimate of drug-likeness (QED) is 0.502. The van der Waals surface area contributed by atoms with Crippen LogP contribution in [-0.2, 0) is 6.42 Å². The van der Waals surface area contributed by atoms with E-state index in [2.05, 4.69) is 26.7 Å². The zero-order valence-corrected chi connectivity index (χ0v) is 14.1. The number of aryl methyl sites for hydroxylation is 2. The van der Waals surface area contributed by atoms with E-state index in [9.17, 15) is 0 Å². The standard InChI is InChI=1S/C17H22N4OS/c1-12-11-23-16(20-12)7-4-9-19-17(18)21-14-8-10-22-15-6-3-2-5-13(14)15/h2-3,5-6,11,14H,4,7-10H2,1H3,(H3,18,19,21). The van der Waals surface area contributed by atoms with Crippen molar-refractivity contribution in [1.29, 1.82) is 0 Å². The molecule has 1 aromatic heterocycles. The maximum absolute atomic E-state index is 6.03. The molecule has 0 radical (unpaired) electrons. The van der Waals surface area contributed by atoms with Crippen LogP contribution in [0.15, 0.2) is 34.6 Å². The maximum atomic E-state index is 6.03. The molecule has 1 aromatic carbocycles. The number of ether oxygens (including phenoxy) is 1. The molecule has 0 saturated carbocycles. The minimum atomic E-state index is 0.172. The van der Waals surface area contributed by atoms with Gasteiger partial charge < -0.3 is 15.8 Å². The van der Waals surface area contributed by atoms with Crippen LogP contribution in [0.2, 0.25) is 0 Å². The van der Waals surface area contributed by atoms with E-state index in [1.807, 2.05) is 25.1 Å². The summed E-state index contributed by atoms with van der Waals surface area (Å²) in [5.41, 5.74) is 8.27. The van der Waals surface area contributed by atoms with E-state index in [1.54, 1.807) is 11.3 Å². The summed E-state index contributed by atoms with van der Waals surface area (Å²) < 4.78 is 5.66. The second-order valence-corrected chi connectivity index (χ2v) is 6.57. The Kier molecular flexibility index (Phi) is 5.12. The van der Waals surface area contributed by atoms with Gasteiger partial charge in [-0.2, -0.15) is 0 Å². The lowest BCUT2D eigenvalue weighted by Gasteiger charge is -2.26. The summed E-state index contributed by atoms with van der Waals surface area (Å²) in [6.07, 6.45) is 2.81. The first-order chi connectivity index (χ1) is 11.2. The van der Waals surface area contributed by atoms with Crippen LogP contribution in [0.3, 0.4) is 0 Å². The number of hydrogen-bond acceptors (Lipinski definition) is 4. The van der Waals surface area contributed by atoms with Crippen molar-refractivity contribution in [2.24, 2.45) is 10.7 Å². The van der Waals surface area contributed by atoms with Crippen LogP contribution >= 0.6 is 11.3 Å². The monoisotopic (exact) mass is 330 g/mol. The van der Waals surface area contributed by atoms with Crippen molar-refractivity contribution in [2.75, 3.05) is 13.2 Å². The second-order valence-electron chi connectivity index (χ2n) is 5.63. The Morgan fingerprint density at radius 1 is 1.48 bits per heavy atom. The molecule has 0 amide bonds. The zero-order valence-electron chi connectivity index (χ0n) is 13.3. The van der Waals surface area contributed by atoms with Gasteiger partial charge in [0, 0.05) is 36.0 Å². The SMILES string of the molecule is Cc1csc(CCCN=C(N)NC2CCOc3ccccc32)n1. The van der Waals surface area contributed by atoms with E-state index in [0.29, 0.717) is 19.1 Å². The van der Waals surface area contributed by atoms with Gasteiger partial charge in [-0.15, -0.1) is 11.3 Å². The largest absolute Gasteiger partial charge is 0.493 e. The summed E-state index contributed by atoms with van der Waals surface area (Å²) in [6.45, 7) is 3.43. The minimum Gasteiger partial charge on any atom is -0.493 e. The molecule has 0 fully saturated rings. The first-order valence-corrected chi connectivity index (χ1v) is 8.79. The van der Waals surface area contributed by atoms with Crippen molar-refractivity contribution in [2.45, 2.75) is 32.2 Å². The Balaban J connectivity index is 1.50. The molecule has 1 aliphatic rings. The predicted molar refractivity (Wildman–Crippen MR) is 94.1 cm³/mol. The summed E-state index contributed by atoms with van der Waals surface area (Å²) in [5, 5.41) is 6.56. The van der Waals surface area contributed by atoms with Crippen molar-refractivity contribution in [3.8, 4) is 5.75 Å². The Bertz CT molecular complexity index is 683. The van der Waals surface area contributed by atoms with Gasteiger partial charge in [-0.25, -0.2) is 4.98 Å². The van der Waals surface area contributed by atoms with Gasteiger partial charge in [0.2, 0.25) is 0 Å². The average molecular weight is 330 g/mol. The lowest BCUT2D eigenvalue weighted by atomic mass is 10.0. The van der Waals surface area contributed by atoms with Crippen LogP contribution in [0.25, 0.3) is 0 Å². The fraction of sp³-hybridized carbons (Fsp3) is 0.412. The van der Waals surface area contributed by atoms with E-state index in [0.717, 1.165) is 36.3 Å². The highest BCUT2D eigenvalue weighted by Crippen LogP contribution is 2.31. The molecule has 0 aliphatic carbocycles. The van der Waals surface area contributed by atoms with Crippen molar-refractivity contribution < 1.29 is 4.74 Å². The summed E-state index contributed by atoms with van der Waals surface area (Å²) in [6, 6.07) is 8.24. The van der Waals surface area contributed by atoms with Gasteiger partial charge >= 0.3 is 0 Å². The van der Waals surface area contributed by atoms with Crippen molar-refractivity contribution >= 4 is 17.3 Å². The van der Waals surface area contributed by atoms with Crippen LogP contribution in [0, 0.1) is 6.92 Å². The Labute approximate surface area is 140 Å². The number of nitrogens with two attached hydrogens (primary N) is 1. The van der Waals surface area contributed by atoms with Gasteiger partial charge in [-0.3, -0.25) is 4.99 Å². The number of rotatable bonds is 5. The third-order valence-corrected chi connectivity index (χ3v) is 4.80. The fourth-order valence-electron chi connectivity index (χ4n) is 2.66. The van der Waals surface area contributed by atoms with E-state index in [4.69, 9.17) is 10.5 Å². The van der Waals surface area contributed by atoms with E-state index in [1.165, 1.54) is 5.01 Å². The van der Waals surface area contributed by atoms with Gasteiger partial charge in [0.05, 0.1) is 17.7 Å². The number of aliphatic imine (C=N–C) groups is 1. The molecule has 23 heavy (non-hydrogen) atoms. The predicted octanol–water partition coefficient (Wildman–Crippen LogP) is 2.81. The summed E-state index contributed by atoms with van der Waals surface area (Å²) in [7, 11) is 0. The molecule has 0 bridgehead atoms. The van der Waals surface area contributed by atoms with Crippen LogP contribution in [-0.4, -0.2) is 24.1 Å². The van der Waals surface area contributed by atoms with Crippen molar-refractivity contribution in [3.63, 3.8) is 0 Å². The molecular weight excluding hydrogens is 308 g/mol. The molecule has 3 rings (SSSR count). The topological polar surface area (TPSA) is 72.5 Å². The first-order valence-electron chi connectivity index (χ1n) is 7.91. The molecule has 3 N–H and O–H groups in total. The van der Waals surface area contributed by atoms with Gasteiger partial charge in [0.1, 0.15) is 5.75 Å². The molecule has 6 heteroatoms. The van der Waals surface area contributed by atoms with Gasteiger partial charge in [0.15, 0.2) is 5.96 Å². The van der Waals surface area contributed by atoms with Gasteiger partial charge in [0.25, 0.3) is 0 Å². The molecule has 1 unspecified atom stereocenters. The molecule has 122 valence electrons. The molecular formula is C17H22N4OS. The lowest BCUT2D eigenvalue weighted by molar-refractivity contribution is 0.262. The van der Waals surface area contributed by atoms with Crippen LogP contribution in [0.4, 0.5) is 0 Å². The number of nitrogens with zero attached hydrogens (tertiary/aromatic N) is 2. The highest BCUT2D eigenvalue weighted by Gasteiger charge is 2.21. The summed E-state index contributed by atoms with van der Waals surface area (Å²) >= 11 is 1.71. The minimum absolute atomic E-state index is 0.172. The van der Waals surface area contributed by atoms with Crippen LogP contribution in [0.5, 0.6) is 5.75 Å². The number of aromatic nitrogens is 1. The van der Waals surface area contributed by atoms with Crippen LogP contribution in [0.1, 0.15) is 35.1 Å². The molecule has 1 aliphatic heterocycles. The smallest absolute Gasteiger partial charge is 0.189 e. The highest BCUT2D eigenvalue weighted by atomic mass is 32.1. The normalized spacial score (nSPS) is 17.4. The Morgan fingerprint density at radius 2 is 2.35 bits per heavy atom. The molecule has 5 nitrogen and oxygen atoms in total. The number of para-hydroxylation sites is 1. The number of thiazole rings is 1. The van der Waals surface area contributed by atoms with E-state index >= 15 is 0 Å². The van der Waals surface area contributed by atoms with E-state index < -0.39 is 0 Å². The molecule has 2 aromatic rings. The molecule has 1 atom stereocenters. The number of nitrogens with one attached hydrogen (secondary N) is 1. The molecule has 0 spiro atoms. The van der Waals surface area contributed by atoms with Crippen LogP contribution < -0.4 is 15.8 Å². The van der Waals surface area contributed by atoms with Crippen molar-refractivity contribution in [1.82, 2.24) is 10.3 Å². The fourth-order valence-corrected chi connectivity index (χ4v) is 3.48. The van der Waals surface area contributed by atoms with Gasteiger partial charge in [-0.05, 0) is 19.4 Å². The number of guanidine groups is 1. The summed E-state index contributed by atoms with van der Waals surface area (Å²) in [4.78, 5) is 8.89. The van der Waals surface area contributed by atoms with Crippen molar-refractivity contribution in [3.05, 3.63) is 45.9 Å². The second kappa shape index (κ2) is 7.46. The zero-order chi connectivity index (χ0) is 16.1. The third-order valence-electron chi connectivity index (χ3n) is 3.78. The maximum Gasteiger partial charge on any atom is 0.189 e. The Morgan fingerprint density at radius 3 is 3.17 bits per heavy atom. The van der Waals surface area contributed by atoms with E-state index in [-0.39, 0.29) is 6.04 Å². The molecule has 0 saturated heterocycles. The highest BCUT2D eigenvalue weighted by molar-refractivity contribution is 7.09. The lowest BCUT2D eigenvalue weighted by Crippen LogP contribution is -2.37. The first kappa shape index (κ1) is 15.8. The molecule has 2 heterocycles.